The number of benzene rings is 1. The van der Waals surface area contributed by atoms with E-state index in [4.69, 9.17) is 10.5 Å². The van der Waals surface area contributed by atoms with E-state index in [0.717, 1.165) is 24.1 Å². The maximum Gasteiger partial charge on any atom is 0.131 e. The van der Waals surface area contributed by atoms with Gasteiger partial charge in [-0.3, -0.25) is 4.90 Å². The molecule has 0 fully saturated rings. The van der Waals surface area contributed by atoms with E-state index in [9.17, 15) is 4.39 Å². The maximum atomic E-state index is 14.1. The van der Waals surface area contributed by atoms with Crippen molar-refractivity contribution in [3.8, 4) is 5.75 Å². The maximum absolute atomic E-state index is 14.1. The molecule has 0 aromatic heterocycles. The fraction of sp³-hybridized carbons (Fsp3) is 0.625. The highest BCUT2D eigenvalue weighted by Gasteiger charge is 2.31. The van der Waals surface area contributed by atoms with Gasteiger partial charge >= 0.3 is 0 Å². The molecule has 1 unspecified atom stereocenters. The van der Waals surface area contributed by atoms with Crippen molar-refractivity contribution in [2.45, 2.75) is 45.2 Å². The van der Waals surface area contributed by atoms with Gasteiger partial charge in [-0.25, -0.2) is 4.39 Å². The zero-order valence-electron chi connectivity index (χ0n) is 12.5. The first kappa shape index (κ1) is 15.3. The van der Waals surface area contributed by atoms with Crippen LogP contribution in [-0.2, 0) is 6.54 Å². The summed E-state index contributed by atoms with van der Waals surface area (Å²) in [6, 6.07) is 3.52. The number of rotatable bonds is 7. The fourth-order valence-electron chi connectivity index (χ4n) is 2.98. The van der Waals surface area contributed by atoms with Crippen LogP contribution < -0.4 is 10.5 Å². The number of ether oxygens (including phenoxy) is 1. The number of hydrogen-bond donors (Lipinski definition) is 1. The summed E-state index contributed by atoms with van der Waals surface area (Å²) in [5.41, 5.74) is 7.69. The second-order valence-electron chi connectivity index (χ2n) is 5.46. The number of unbranched alkanes of at least 4 members (excludes halogenated alkanes) is 3. The van der Waals surface area contributed by atoms with E-state index in [-0.39, 0.29) is 11.9 Å². The lowest BCUT2D eigenvalue weighted by Gasteiger charge is -2.23. The summed E-state index contributed by atoms with van der Waals surface area (Å²) in [6.07, 6.45) is 4.87. The van der Waals surface area contributed by atoms with E-state index in [1.54, 1.807) is 7.11 Å². The molecule has 1 aromatic rings. The summed E-state index contributed by atoms with van der Waals surface area (Å²) in [5.74, 6) is 0.404. The van der Waals surface area contributed by atoms with Crippen molar-refractivity contribution in [1.82, 2.24) is 4.90 Å². The molecule has 0 radical (unpaired) electrons. The van der Waals surface area contributed by atoms with Crippen molar-refractivity contribution >= 4 is 0 Å². The van der Waals surface area contributed by atoms with Gasteiger partial charge in [0.25, 0.3) is 0 Å². The number of fused-ring (bicyclic) bond motifs is 1. The van der Waals surface area contributed by atoms with Gasteiger partial charge < -0.3 is 10.5 Å². The molecule has 20 heavy (non-hydrogen) atoms. The Balaban J connectivity index is 2.10. The Bertz CT molecular complexity index is 450. The van der Waals surface area contributed by atoms with E-state index in [2.05, 4.69) is 11.8 Å². The average Bonchev–Trinajstić information content (AvgIpc) is 2.81. The van der Waals surface area contributed by atoms with Crippen molar-refractivity contribution < 1.29 is 9.13 Å². The van der Waals surface area contributed by atoms with Gasteiger partial charge in [0, 0.05) is 30.8 Å². The highest BCUT2D eigenvalue weighted by atomic mass is 19.1. The molecule has 0 amide bonds. The minimum atomic E-state index is -0.172. The fourth-order valence-corrected chi connectivity index (χ4v) is 2.98. The molecule has 3 nitrogen and oxygen atoms in total. The SMILES string of the molecule is CCCCCCN1Cc2c(F)cc(OC)cc2C1CN. The first-order chi connectivity index (χ1) is 9.71. The van der Waals surface area contributed by atoms with E-state index in [0.29, 0.717) is 18.8 Å². The number of methoxy groups -OCH3 is 1. The first-order valence-corrected chi connectivity index (χ1v) is 7.51. The van der Waals surface area contributed by atoms with Gasteiger partial charge in [0.1, 0.15) is 11.6 Å². The van der Waals surface area contributed by atoms with Crippen LogP contribution in [0.2, 0.25) is 0 Å². The van der Waals surface area contributed by atoms with Crippen LogP contribution in [0.25, 0.3) is 0 Å². The Hall–Kier alpha value is -1.13. The molecule has 0 saturated heterocycles. The molecule has 0 spiro atoms. The molecule has 1 heterocycles. The van der Waals surface area contributed by atoms with Gasteiger partial charge in [-0.15, -0.1) is 0 Å². The van der Waals surface area contributed by atoms with Crippen LogP contribution in [0.3, 0.4) is 0 Å². The molecule has 0 bridgehead atoms. The third-order valence-corrected chi connectivity index (χ3v) is 4.12. The number of nitrogens with zero attached hydrogens (tertiary/aromatic N) is 1. The normalized spacial score (nSPS) is 18.3. The van der Waals surface area contributed by atoms with Crippen LogP contribution in [0, 0.1) is 5.82 Å². The average molecular weight is 280 g/mol. The van der Waals surface area contributed by atoms with E-state index < -0.39 is 0 Å². The zero-order valence-corrected chi connectivity index (χ0v) is 12.5. The first-order valence-electron chi connectivity index (χ1n) is 7.51. The predicted molar refractivity (Wildman–Crippen MR) is 79.3 cm³/mol. The molecular formula is C16H25FN2O. The zero-order chi connectivity index (χ0) is 14.5. The summed E-state index contributed by atoms with van der Waals surface area (Å²) in [5, 5.41) is 0. The monoisotopic (exact) mass is 280 g/mol. The standard InChI is InChI=1S/C16H25FN2O/c1-3-4-5-6-7-19-11-14-13(16(19)10-18)8-12(20-2)9-15(14)17/h8-9,16H,3-7,10-11,18H2,1-2H3. The highest BCUT2D eigenvalue weighted by Crippen LogP contribution is 2.37. The lowest BCUT2D eigenvalue weighted by atomic mass is 10.0. The van der Waals surface area contributed by atoms with Crippen LogP contribution in [0.4, 0.5) is 4.39 Å². The van der Waals surface area contributed by atoms with Crippen molar-refractivity contribution in [2.75, 3.05) is 20.2 Å². The van der Waals surface area contributed by atoms with Crippen LogP contribution in [0.1, 0.15) is 49.8 Å². The quantitative estimate of drug-likeness (QED) is 0.779. The topological polar surface area (TPSA) is 38.5 Å². The third kappa shape index (κ3) is 3.13. The minimum absolute atomic E-state index is 0.122. The lowest BCUT2D eigenvalue weighted by molar-refractivity contribution is 0.214. The number of halogens is 1. The molecule has 0 aliphatic carbocycles. The molecule has 2 rings (SSSR count). The summed E-state index contributed by atoms with van der Waals surface area (Å²) in [4.78, 5) is 2.29. The summed E-state index contributed by atoms with van der Waals surface area (Å²) >= 11 is 0. The Labute approximate surface area is 120 Å². The second kappa shape index (κ2) is 7.04. The minimum Gasteiger partial charge on any atom is -0.497 e. The number of nitrogens with two attached hydrogens (primary N) is 1. The van der Waals surface area contributed by atoms with E-state index in [1.165, 1.54) is 25.3 Å². The molecule has 4 heteroatoms. The molecule has 1 aromatic carbocycles. The van der Waals surface area contributed by atoms with Crippen LogP contribution in [-0.4, -0.2) is 25.1 Å². The summed E-state index contributed by atoms with van der Waals surface area (Å²) in [6.45, 7) is 4.38. The summed E-state index contributed by atoms with van der Waals surface area (Å²) < 4.78 is 19.3. The molecule has 2 N–H and O–H groups in total. The van der Waals surface area contributed by atoms with E-state index >= 15 is 0 Å². The molecule has 1 aliphatic heterocycles. The van der Waals surface area contributed by atoms with Gasteiger partial charge in [0.2, 0.25) is 0 Å². The number of hydrogen-bond acceptors (Lipinski definition) is 3. The van der Waals surface area contributed by atoms with Crippen LogP contribution in [0.15, 0.2) is 12.1 Å². The van der Waals surface area contributed by atoms with Crippen molar-refractivity contribution in [3.63, 3.8) is 0 Å². The van der Waals surface area contributed by atoms with Crippen LogP contribution in [0.5, 0.6) is 5.75 Å². The second-order valence-corrected chi connectivity index (χ2v) is 5.46. The molecule has 1 aliphatic rings. The van der Waals surface area contributed by atoms with Gasteiger partial charge in [0.15, 0.2) is 0 Å². The van der Waals surface area contributed by atoms with Crippen molar-refractivity contribution in [2.24, 2.45) is 5.73 Å². The Morgan fingerprint density at radius 3 is 2.80 bits per heavy atom. The molecule has 112 valence electrons. The van der Waals surface area contributed by atoms with Gasteiger partial charge in [-0.2, -0.15) is 0 Å². The van der Waals surface area contributed by atoms with Gasteiger partial charge in [-0.1, -0.05) is 26.2 Å². The highest BCUT2D eigenvalue weighted by molar-refractivity contribution is 5.41. The Kier molecular flexibility index (Phi) is 5.38. The molecule has 1 atom stereocenters. The Morgan fingerprint density at radius 1 is 1.35 bits per heavy atom. The lowest BCUT2D eigenvalue weighted by Crippen LogP contribution is -2.28. The van der Waals surface area contributed by atoms with E-state index in [1.807, 2.05) is 6.07 Å². The van der Waals surface area contributed by atoms with Crippen molar-refractivity contribution in [3.05, 3.63) is 29.1 Å². The van der Waals surface area contributed by atoms with Crippen LogP contribution >= 0.6 is 0 Å². The predicted octanol–water partition coefficient (Wildman–Crippen LogP) is 3.23. The van der Waals surface area contributed by atoms with Crippen molar-refractivity contribution in [1.29, 1.82) is 0 Å². The van der Waals surface area contributed by atoms with Gasteiger partial charge in [0.05, 0.1) is 7.11 Å². The molecule has 0 saturated carbocycles. The smallest absolute Gasteiger partial charge is 0.131 e. The third-order valence-electron chi connectivity index (χ3n) is 4.12. The largest absolute Gasteiger partial charge is 0.497 e. The Morgan fingerprint density at radius 2 is 2.15 bits per heavy atom. The summed E-state index contributed by atoms with van der Waals surface area (Å²) in [7, 11) is 1.57. The van der Waals surface area contributed by atoms with Gasteiger partial charge in [-0.05, 0) is 24.6 Å². The molecular weight excluding hydrogens is 255 g/mol.